The van der Waals surface area contributed by atoms with E-state index in [1.165, 1.54) is 5.56 Å². The molecule has 1 unspecified atom stereocenters. The minimum atomic E-state index is 0. The molecule has 2 rings (SSSR count). The summed E-state index contributed by atoms with van der Waals surface area (Å²) in [7, 11) is 2.09. The summed E-state index contributed by atoms with van der Waals surface area (Å²) < 4.78 is 10.6. The van der Waals surface area contributed by atoms with Gasteiger partial charge in [-0.3, -0.25) is 4.99 Å². The number of halogens is 1. The Bertz CT molecular complexity index is 479. The fourth-order valence-electron chi connectivity index (χ4n) is 2.80. The molecule has 23 heavy (non-hydrogen) atoms. The maximum absolute atomic E-state index is 5.45. The summed E-state index contributed by atoms with van der Waals surface area (Å²) in [6.07, 6.45) is 2.00. The molecule has 0 aliphatic carbocycles. The number of nitrogens with one attached hydrogen (secondary N) is 1. The lowest BCUT2D eigenvalue weighted by atomic mass is 10.1. The number of hydrogen-bond acceptors (Lipinski definition) is 4. The number of aliphatic imine (C=N–C) groups is 1. The summed E-state index contributed by atoms with van der Waals surface area (Å²) in [5.74, 6) is 2.46. The molecule has 1 aliphatic heterocycles. The third-order valence-corrected chi connectivity index (χ3v) is 4.06. The fourth-order valence-corrected chi connectivity index (χ4v) is 2.80. The Labute approximate surface area is 156 Å². The van der Waals surface area contributed by atoms with Crippen LogP contribution in [0.2, 0.25) is 0 Å². The lowest BCUT2D eigenvalue weighted by molar-refractivity contribution is 0.181. The molecule has 1 saturated heterocycles. The van der Waals surface area contributed by atoms with Gasteiger partial charge < -0.3 is 19.5 Å². The normalized spacial score (nSPS) is 17.9. The van der Waals surface area contributed by atoms with Crippen molar-refractivity contribution >= 4 is 29.9 Å². The molecule has 1 atom stereocenters. The lowest BCUT2D eigenvalue weighted by Crippen LogP contribution is -2.41. The Balaban J connectivity index is 0.00000264. The van der Waals surface area contributed by atoms with E-state index in [4.69, 9.17) is 14.3 Å². The van der Waals surface area contributed by atoms with E-state index in [0.29, 0.717) is 5.92 Å². The molecule has 0 amide bonds. The van der Waals surface area contributed by atoms with Gasteiger partial charge in [0.15, 0.2) is 5.96 Å². The highest BCUT2D eigenvalue weighted by atomic mass is 127. The van der Waals surface area contributed by atoms with Gasteiger partial charge in [0, 0.05) is 44.8 Å². The molecule has 0 radical (unpaired) electrons. The summed E-state index contributed by atoms with van der Waals surface area (Å²) in [6, 6.07) is 0. The van der Waals surface area contributed by atoms with Gasteiger partial charge in [-0.1, -0.05) is 5.16 Å². The topological polar surface area (TPSA) is 62.9 Å². The van der Waals surface area contributed by atoms with Crippen molar-refractivity contribution in [3.63, 3.8) is 0 Å². The zero-order valence-electron chi connectivity index (χ0n) is 14.6. The third-order valence-electron chi connectivity index (χ3n) is 4.06. The number of ether oxygens (including phenoxy) is 1. The van der Waals surface area contributed by atoms with Crippen molar-refractivity contribution in [3.8, 4) is 0 Å². The van der Waals surface area contributed by atoms with E-state index in [0.717, 1.165) is 63.1 Å². The first-order chi connectivity index (χ1) is 10.6. The number of guanidine groups is 1. The SMILES string of the molecule is CCNC(=NCCc1c(C)noc1C)N(C)CC1CCOC1.I. The summed E-state index contributed by atoms with van der Waals surface area (Å²) in [6.45, 7) is 10.4. The number of aryl methyl sites for hydroxylation is 2. The van der Waals surface area contributed by atoms with Crippen molar-refractivity contribution in [2.75, 3.05) is 39.9 Å². The monoisotopic (exact) mass is 436 g/mol. The highest BCUT2D eigenvalue weighted by Crippen LogP contribution is 2.14. The average Bonchev–Trinajstić information content (AvgIpc) is 3.10. The van der Waals surface area contributed by atoms with E-state index >= 15 is 0 Å². The molecule has 132 valence electrons. The first-order valence-electron chi connectivity index (χ1n) is 8.10. The molecule has 1 aromatic heterocycles. The van der Waals surface area contributed by atoms with Crippen LogP contribution in [0, 0.1) is 19.8 Å². The Morgan fingerprint density at radius 2 is 2.22 bits per heavy atom. The molecule has 0 saturated carbocycles. The minimum absolute atomic E-state index is 0. The molecule has 2 heterocycles. The van der Waals surface area contributed by atoms with Crippen LogP contribution in [0.1, 0.15) is 30.4 Å². The maximum atomic E-state index is 5.45. The molecule has 1 aliphatic rings. The molecule has 6 nitrogen and oxygen atoms in total. The molecular weight excluding hydrogens is 407 g/mol. The van der Waals surface area contributed by atoms with Gasteiger partial charge in [-0.15, -0.1) is 24.0 Å². The van der Waals surface area contributed by atoms with E-state index in [1.54, 1.807) is 0 Å². The molecule has 1 N–H and O–H groups in total. The summed E-state index contributed by atoms with van der Waals surface area (Å²) >= 11 is 0. The first kappa shape index (κ1) is 20.2. The standard InChI is InChI=1S/C16H28N4O2.HI/c1-5-17-16(20(4)10-14-7-9-21-11-14)18-8-6-15-12(2)19-22-13(15)3;/h14H,5-11H2,1-4H3,(H,17,18);1H. The summed E-state index contributed by atoms with van der Waals surface area (Å²) in [5.41, 5.74) is 2.14. The Kier molecular flexibility index (Phi) is 8.90. The fraction of sp³-hybridized carbons (Fsp3) is 0.750. The second-order valence-electron chi connectivity index (χ2n) is 5.90. The van der Waals surface area contributed by atoms with Crippen molar-refractivity contribution in [2.45, 2.75) is 33.6 Å². The minimum Gasteiger partial charge on any atom is -0.381 e. The van der Waals surface area contributed by atoms with E-state index in [1.807, 2.05) is 13.8 Å². The van der Waals surface area contributed by atoms with Gasteiger partial charge in [-0.05, 0) is 33.6 Å². The van der Waals surface area contributed by atoms with Gasteiger partial charge in [0.2, 0.25) is 0 Å². The Morgan fingerprint density at radius 1 is 1.43 bits per heavy atom. The van der Waals surface area contributed by atoms with Gasteiger partial charge in [-0.2, -0.15) is 0 Å². The predicted molar refractivity (Wildman–Crippen MR) is 103 cm³/mol. The van der Waals surface area contributed by atoms with Crippen LogP contribution in [0.3, 0.4) is 0 Å². The van der Waals surface area contributed by atoms with Crippen LogP contribution >= 0.6 is 24.0 Å². The predicted octanol–water partition coefficient (Wildman–Crippen LogP) is 2.39. The van der Waals surface area contributed by atoms with Crippen LogP contribution in [0.4, 0.5) is 0 Å². The van der Waals surface area contributed by atoms with E-state index in [-0.39, 0.29) is 24.0 Å². The number of hydrogen-bond donors (Lipinski definition) is 1. The van der Waals surface area contributed by atoms with Gasteiger partial charge in [0.05, 0.1) is 12.3 Å². The summed E-state index contributed by atoms with van der Waals surface area (Å²) in [4.78, 5) is 6.94. The lowest BCUT2D eigenvalue weighted by Gasteiger charge is -2.24. The Hall–Kier alpha value is -0.830. The van der Waals surface area contributed by atoms with Gasteiger partial charge >= 0.3 is 0 Å². The molecule has 1 aromatic rings. The van der Waals surface area contributed by atoms with Crippen LogP contribution in [0.5, 0.6) is 0 Å². The maximum Gasteiger partial charge on any atom is 0.193 e. The highest BCUT2D eigenvalue weighted by molar-refractivity contribution is 14.0. The quantitative estimate of drug-likeness (QED) is 0.422. The van der Waals surface area contributed by atoms with Gasteiger partial charge in [0.25, 0.3) is 0 Å². The number of aromatic nitrogens is 1. The van der Waals surface area contributed by atoms with Crippen molar-refractivity contribution < 1.29 is 9.26 Å². The molecule has 0 bridgehead atoms. The second-order valence-corrected chi connectivity index (χ2v) is 5.90. The van der Waals surface area contributed by atoms with Crippen LogP contribution in [0.15, 0.2) is 9.52 Å². The van der Waals surface area contributed by atoms with E-state index in [2.05, 4.69) is 29.3 Å². The van der Waals surface area contributed by atoms with Crippen molar-refractivity contribution in [1.29, 1.82) is 0 Å². The molecule has 0 aromatic carbocycles. The molecular formula is C16H29IN4O2. The van der Waals surface area contributed by atoms with E-state index < -0.39 is 0 Å². The van der Waals surface area contributed by atoms with Crippen molar-refractivity contribution in [3.05, 3.63) is 17.0 Å². The van der Waals surface area contributed by atoms with Gasteiger partial charge in [-0.25, -0.2) is 0 Å². The van der Waals surface area contributed by atoms with Crippen LogP contribution in [-0.2, 0) is 11.2 Å². The van der Waals surface area contributed by atoms with Gasteiger partial charge in [0.1, 0.15) is 5.76 Å². The largest absolute Gasteiger partial charge is 0.381 e. The Morgan fingerprint density at radius 3 is 2.78 bits per heavy atom. The average molecular weight is 436 g/mol. The van der Waals surface area contributed by atoms with Crippen LogP contribution in [-0.4, -0.2) is 55.9 Å². The van der Waals surface area contributed by atoms with Crippen LogP contribution in [0.25, 0.3) is 0 Å². The number of nitrogens with zero attached hydrogens (tertiary/aromatic N) is 3. The zero-order chi connectivity index (χ0) is 15.9. The molecule has 1 fully saturated rings. The zero-order valence-corrected chi connectivity index (χ0v) is 16.9. The molecule has 7 heteroatoms. The summed E-state index contributed by atoms with van der Waals surface area (Å²) in [5, 5.41) is 7.35. The third kappa shape index (κ3) is 5.95. The van der Waals surface area contributed by atoms with Crippen LogP contribution < -0.4 is 5.32 Å². The van der Waals surface area contributed by atoms with Crippen molar-refractivity contribution in [1.82, 2.24) is 15.4 Å². The van der Waals surface area contributed by atoms with Crippen molar-refractivity contribution in [2.24, 2.45) is 10.9 Å². The highest BCUT2D eigenvalue weighted by Gasteiger charge is 2.19. The second kappa shape index (κ2) is 10.1. The first-order valence-corrected chi connectivity index (χ1v) is 8.10. The number of rotatable bonds is 6. The smallest absolute Gasteiger partial charge is 0.193 e. The molecule has 0 spiro atoms. The van der Waals surface area contributed by atoms with E-state index in [9.17, 15) is 0 Å².